The fourth-order valence-electron chi connectivity index (χ4n) is 1.96. The van der Waals surface area contributed by atoms with E-state index in [0.29, 0.717) is 11.3 Å². The van der Waals surface area contributed by atoms with E-state index in [1.54, 1.807) is 31.2 Å². The van der Waals surface area contributed by atoms with Gasteiger partial charge in [0.2, 0.25) is 0 Å². The molecule has 0 saturated heterocycles. The molecule has 0 aliphatic carbocycles. The Morgan fingerprint density at radius 3 is 2.23 bits per heavy atom. The second-order valence-corrected chi connectivity index (χ2v) is 7.29. The predicted octanol–water partition coefficient (Wildman–Crippen LogP) is 3.56. The molecule has 0 fully saturated rings. The van der Waals surface area contributed by atoms with Crippen LogP contribution in [0.25, 0.3) is 0 Å². The minimum Gasteiger partial charge on any atom is -0.478 e. The van der Waals surface area contributed by atoms with Crippen LogP contribution in [0.15, 0.2) is 45.8 Å². The first-order chi connectivity index (χ1) is 10.2. The number of carboxylic acids is 1. The lowest BCUT2D eigenvalue weighted by Gasteiger charge is -2.12. The third-order valence-electron chi connectivity index (χ3n) is 3.12. The minimum atomic E-state index is -3.89. The molecule has 0 atom stereocenters. The lowest BCUT2D eigenvalue weighted by atomic mass is 10.1. The van der Waals surface area contributed by atoms with Crippen molar-refractivity contribution in [2.75, 3.05) is 4.72 Å². The Morgan fingerprint density at radius 1 is 1.09 bits per heavy atom. The summed E-state index contributed by atoms with van der Waals surface area (Å²) in [6.07, 6.45) is 0. The smallest absolute Gasteiger partial charge is 0.337 e. The maximum atomic E-state index is 12.5. The first kappa shape index (κ1) is 16.5. The average molecular weight is 384 g/mol. The Bertz CT molecular complexity index is 829. The van der Waals surface area contributed by atoms with Gasteiger partial charge < -0.3 is 5.11 Å². The Morgan fingerprint density at radius 2 is 1.68 bits per heavy atom. The van der Waals surface area contributed by atoms with Gasteiger partial charge in [-0.15, -0.1) is 0 Å². The third-order valence-corrected chi connectivity index (χ3v) is 5.63. The summed E-state index contributed by atoms with van der Waals surface area (Å²) in [7, 11) is -3.89. The number of benzene rings is 2. The summed E-state index contributed by atoms with van der Waals surface area (Å²) in [4.78, 5) is 11.2. The molecule has 0 saturated carbocycles. The van der Waals surface area contributed by atoms with Crippen molar-refractivity contribution in [2.24, 2.45) is 0 Å². The van der Waals surface area contributed by atoms with Gasteiger partial charge in [-0.25, -0.2) is 13.2 Å². The fraction of sp³-hybridized carbons (Fsp3) is 0.133. The first-order valence-corrected chi connectivity index (χ1v) is 8.62. The molecule has 0 aromatic heterocycles. The van der Waals surface area contributed by atoms with E-state index in [1.807, 2.05) is 6.92 Å². The number of halogens is 1. The molecule has 2 aromatic carbocycles. The Kier molecular flexibility index (Phi) is 4.58. The zero-order valence-corrected chi connectivity index (χ0v) is 14.3. The molecule has 0 heterocycles. The van der Waals surface area contributed by atoms with Crippen molar-refractivity contribution in [3.8, 4) is 0 Å². The molecule has 2 rings (SSSR count). The zero-order chi connectivity index (χ0) is 16.5. The number of carbonyl (C=O) groups is 1. The van der Waals surface area contributed by atoms with E-state index in [2.05, 4.69) is 20.7 Å². The van der Waals surface area contributed by atoms with Crippen LogP contribution < -0.4 is 4.72 Å². The maximum Gasteiger partial charge on any atom is 0.337 e. The maximum absolute atomic E-state index is 12.5. The number of sulfonamides is 1. The van der Waals surface area contributed by atoms with E-state index in [1.165, 1.54) is 12.1 Å². The van der Waals surface area contributed by atoms with Crippen LogP contribution in [-0.4, -0.2) is 19.5 Å². The second-order valence-electron chi connectivity index (χ2n) is 4.85. The standard InChI is InChI=1S/C15H14BrNO4S/c1-9-3-6-11(7-4-9)17-22(20,21)12-8-5-10(2)13(14(12)16)15(18)19/h3-8,17H,1-2H3,(H,18,19). The van der Waals surface area contributed by atoms with Crippen molar-refractivity contribution < 1.29 is 18.3 Å². The van der Waals surface area contributed by atoms with Gasteiger partial charge in [0.1, 0.15) is 4.90 Å². The summed E-state index contributed by atoms with van der Waals surface area (Å²) in [5.41, 5.74) is 1.84. The number of hydrogen-bond donors (Lipinski definition) is 2. The van der Waals surface area contributed by atoms with Crippen LogP contribution in [0.5, 0.6) is 0 Å². The minimum absolute atomic E-state index is 0.0413. The second kappa shape index (κ2) is 6.10. The summed E-state index contributed by atoms with van der Waals surface area (Å²) in [5.74, 6) is -1.18. The van der Waals surface area contributed by atoms with Crippen LogP contribution in [0.4, 0.5) is 5.69 Å². The summed E-state index contributed by atoms with van der Waals surface area (Å²) < 4.78 is 27.4. The summed E-state index contributed by atoms with van der Waals surface area (Å²) >= 11 is 3.09. The van der Waals surface area contributed by atoms with Crippen molar-refractivity contribution in [3.05, 3.63) is 57.6 Å². The SMILES string of the molecule is Cc1ccc(NS(=O)(=O)c2ccc(C)c(C(=O)O)c2Br)cc1. The highest BCUT2D eigenvalue weighted by molar-refractivity contribution is 9.10. The third kappa shape index (κ3) is 3.31. The molecule has 0 radical (unpaired) electrons. The topological polar surface area (TPSA) is 83.5 Å². The van der Waals surface area contributed by atoms with Crippen molar-refractivity contribution in [1.82, 2.24) is 0 Å². The molecule has 0 aliphatic rings. The number of nitrogens with one attached hydrogen (secondary N) is 1. The Labute approximate surface area is 137 Å². The van der Waals surface area contributed by atoms with Gasteiger partial charge >= 0.3 is 5.97 Å². The molecule has 116 valence electrons. The quantitative estimate of drug-likeness (QED) is 0.844. The number of anilines is 1. The monoisotopic (exact) mass is 383 g/mol. The van der Waals surface area contributed by atoms with Crippen molar-refractivity contribution in [1.29, 1.82) is 0 Å². The van der Waals surface area contributed by atoms with Gasteiger partial charge in [0, 0.05) is 5.69 Å². The van der Waals surface area contributed by atoms with Gasteiger partial charge in [-0.05, 0) is 53.5 Å². The molecule has 0 spiro atoms. The van der Waals surface area contributed by atoms with E-state index < -0.39 is 16.0 Å². The highest BCUT2D eigenvalue weighted by Gasteiger charge is 2.23. The lowest BCUT2D eigenvalue weighted by molar-refractivity contribution is 0.0694. The van der Waals surface area contributed by atoms with Crippen LogP contribution in [0.2, 0.25) is 0 Å². The molecule has 5 nitrogen and oxygen atoms in total. The normalized spacial score (nSPS) is 11.2. The average Bonchev–Trinajstić information content (AvgIpc) is 2.40. The highest BCUT2D eigenvalue weighted by atomic mass is 79.9. The number of aromatic carboxylic acids is 1. The molecule has 2 N–H and O–H groups in total. The van der Waals surface area contributed by atoms with E-state index in [-0.39, 0.29) is 14.9 Å². The highest BCUT2D eigenvalue weighted by Crippen LogP contribution is 2.30. The number of aryl methyl sites for hydroxylation is 2. The van der Waals surface area contributed by atoms with Gasteiger partial charge in [0.15, 0.2) is 0 Å². The van der Waals surface area contributed by atoms with E-state index in [0.717, 1.165) is 5.56 Å². The zero-order valence-electron chi connectivity index (χ0n) is 11.9. The molecule has 0 unspecified atom stereocenters. The predicted molar refractivity (Wildman–Crippen MR) is 87.8 cm³/mol. The van der Waals surface area contributed by atoms with E-state index >= 15 is 0 Å². The van der Waals surface area contributed by atoms with Crippen molar-refractivity contribution >= 4 is 37.6 Å². The lowest BCUT2D eigenvalue weighted by Crippen LogP contribution is -2.15. The van der Waals surface area contributed by atoms with Gasteiger partial charge in [-0.3, -0.25) is 4.72 Å². The number of carboxylic acid groups (broad SMARTS) is 1. The van der Waals surface area contributed by atoms with Gasteiger partial charge in [-0.2, -0.15) is 0 Å². The molecular formula is C15H14BrNO4S. The van der Waals surface area contributed by atoms with Gasteiger partial charge in [0.05, 0.1) is 10.0 Å². The van der Waals surface area contributed by atoms with Crippen molar-refractivity contribution in [2.45, 2.75) is 18.7 Å². The van der Waals surface area contributed by atoms with E-state index in [4.69, 9.17) is 0 Å². The molecule has 0 aliphatic heterocycles. The summed E-state index contributed by atoms with van der Waals surface area (Å²) in [6, 6.07) is 9.70. The van der Waals surface area contributed by atoms with Crippen LogP contribution in [0.3, 0.4) is 0 Å². The van der Waals surface area contributed by atoms with Gasteiger partial charge in [0.25, 0.3) is 10.0 Å². The molecular weight excluding hydrogens is 370 g/mol. The van der Waals surface area contributed by atoms with Gasteiger partial charge in [-0.1, -0.05) is 23.8 Å². The van der Waals surface area contributed by atoms with Crippen LogP contribution in [0.1, 0.15) is 21.5 Å². The molecule has 0 amide bonds. The molecule has 2 aromatic rings. The number of rotatable bonds is 4. The van der Waals surface area contributed by atoms with Crippen molar-refractivity contribution in [3.63, 3.8) is 0 Å². The van der Waals surface area contributed by atoms with Crippen LogP contribution >= 0.6 is 15.9 Å². The first-order valence-electron chi connectivity index (χ1n) is 6.34. The number of hydrogen-bond acceptors (Lipinski definition) is 3. The Hall–Kier alpha value is -1.86. The molecule has 0 bridgehead atoms. The fourth-order valence-corrected chi connectivity index (χ4v) is 4.35. The molecule has 22 heavy (non-hydrogen) atoms. The van der Waals surface area contributed by atoms with Crippen LogP contribution in [-0.2, 0) is 10.0 Å². The Balaban J connectivity index is 2.48. The van der Waals surface area contributed by atoms with Crippen LogP contribution in [0, 0.1) is 13.8 Å². The largest absolute Gasteiger partial charge is 0.478 e. The summed E-state index contributed by atoms with van der Waals surface area (Å²) in [6.45, 7) is 3.51. The summed E-state index contributed by atoms with van der Waals surface area (Å²) in [5, 5.41) is 9.21. The van der Waals surface area contributed by atoms with E-state index in [9.17, 15) is 18.3 Å². The molecule has 7 heteroatoms.